The molecule has 0 saturated heterocycles. The Balaban J connectivity index is 4.07. The Morgan fingerprint density at radius 3 is 1.48 bits per heavy atom. The molecule has 0 aromatic rings. The second kappa shape index (κ2) is 18.3. The van der Waals surface area contributed by atoms with Gasteiger partial charge in [-0.3, -0.25) is 0 Å². The average molecular weight is 324 g/mol. The zero-order valence-corrected chi connectivity index (χ0v) is 17.0. The molecule has 0 rings (SSSR count). The summed E-state index contributed by atoms with van der Waals surface area (Å²) < 4.78 is 0. The van der Waals surface area contributed by atoms with Gasteiger partial charge in [-0.15, -0.1) is 0 Å². The summed E-state index contributed by atoms with van der Waals surface area (Å²) in [6.07, 6.45) is 25.5. The Bertz CT molecular complexity index is 208. The van der Waals surface area contributed by atoms with Gasteiger partial charge in [0.25, 0.3) is 0 Å². The van der Waals surface area contributed by atoms with E-state index in [-0.39, 0.29) is 0 Å². The highest BCUT2D eigenvalue weighted by atomic mass is 14.2. The van der Waals surface area contributed by atoms with E-state index >= 15 is 0 Å². The number of unbranched alkanes of at least 4 members (excludes halogenated alkanes) is 8. The first-order chi connectivity index (χ1) is 11.3. The van der Waals surface area contributed by atoms with Crippen molar-refractivity contribution < 1.29 is 0 Å². The summed E-state index contributed by atoms with van der Waals surface area (Å²) in [5.74, 6) is 1.80. The molecule has 0 heterocycles. The molecule has 0 amide bonds. The highest BCUT2D eigenvalue weighted by Crippen LogP contribution is 2.29. The fraction of sp³-hybridized carbons (Fsp3) is 0.957. The Morgan fingerprint density at radius 2 is 0.870 bits per heavy atom. The maximum Gasteiger partial charge on any atom is -0.0324 e. The molecular formula is C23H47. The summed E-state index contributed by atoms with van der Waals surface area (Å²) in [6, 6.07) is 0. The normalized spacial score (nSPS) is 14.1. The summed E-state index contributed by atoms with van der Waals surface area (Å²) in [5, 5.41) is 0. The monoisotopic (exact) mass is 323 g/mol. The van der Waals surface area contributed by atoms with Crippen molar-refractivity contribution in [3.8, 4) is 0 Å². The van der Waals surface area contributed by atoms with Crippen LogP contribution >= 0.6 is 0 Å². The summed E-state index contributed by atoms with van der Waals surface area (Å²) in [6.45, 7) is 9.33. The van der Waals surface area contributed by atoms with E-state index in [2.05, 4.69) is 34.1 Å². The lowest BCUT2D eigenvalue weighted by atomic mass is 9.82. The average Bonchev–Trinajstić information content (AvgIpc) is 2.55. The zero-order valence-electron chi connectivity index (χ0n) is 17.0. The standard InChI is InChI=1S/C23H47/c1-5-9-12-13-14-16-20-22(17-8-4)21-23(18-11-7-3)19-15-10-6-2/h21-23H,5-20H2,1-4H3. The van der Waals surface area contributed by atoms with Crippen molar-refractivity contribution in [1.82, 2.24) is 0 Å². The third kappa shape index (κ3) is 15.3. The SMILES string of the molecule is CCCCCCCCC([CH]C(CCCC)CCCCC)CCC. The number of hydrogen-bond donors (Lipinski definition) is 0. The first kappa shape index (κ1) is 23.0. The van der Waals surface area contributed by atoms with Gasteiger partial charge in [0.05, 0.1) is 0 Å². The Kier molecular flexibility index (Phi) is 18.3. The molecule has 0 N–H and O–H groups in total. The number of hydrogen-bond acceptors (Lipinski definition) is 0. The molecule has 0 nitrogen and oxygen atoms in total. The van der Waals surface area contributed by atoms with Crippen LogP contribution in [0.5, 0.6) is 0 Å². The third-order valence-corrected chi connectivity index (χ3v) is 5.24. The molecule has 1 radical (unpaired) electrons. The molecule has 0 heteroatoms. The molecule has 2 atom stereocenters. The Labute approximate surface area is 149 Å². The molecule has 23 heavy (non-hydrogen) atoms. The highest BCUT2D eigenvalue weighted by Gasteiger charge is 2.16. The van der Waals surface area contributed by atoms with Crippen LogP contribution in [0.1, 0.15) is 130 Å². The minimum atomic E-state index is 0.898. The molecule has 2 unspecified atom stereocenters. The van der Waals surface area contributed by atoms with Gasteiger partial charge in [-0.2, -0.15) is 0 Å². The van der Waals surface area contributed by atoms with Crippen LogP contribution in [-0.4, -0.2) is 0 Å². The summed E-state index contributed by atoms with van der Waals surface area (Å²) in [4.78, 5) is 0. The van der Waals surface area contributed by atoms with Crippen molar-refractivity contribution in [3.63, 3.8) is 0 Å². The van der Waals surface area contributed by atoms with E-state index < -0.39 is 0 Å². The van der Waals surface area contributed by atoms with Gasteiger partial charge in [-0.1, -0.05) is 130 Å². The minimum Gasteiger partial charge on any atom is -0.0654 e. The molecule has 0 spiro atoms. The molecule has 0 saturated carbocycles. The maximum atomic E-state index is 2.79. The van der Waals surface area contributed by atoms with Crippen LogP contribution < -0.4 is 0 Å². The lowest BCUT2D eigenvalue weighted by molar-refractivity contribution is 0.376. The van der Waals surface area contributed by atoms with Crippen molar-refractivity contribution in [1.29, 1.82) is 0 Å². The maximum absolute atomic E-state index is 2.79. The largest absolute Gasteiger partial charge is 0.0654 e. The molecule has 0 aliphatic carbocycles. The van der Waals surface area contributed by atoms with Gasteiger partial charge >= 0.3 is 0 Å². The number of rotatable bonds is 18. The lowest BCUT2D eigenvalue weighted by Gasteiger charge is -2.23. The summed E-state index contributed by atoms with van der Waals surface area (Å²) in [5.41, 5.74) is 0. The van der Waals surface area contributed by atoms with E-state index in [1.165, 1.54) is 103 Å². The van der Waals surface area contributed by atoms with Gasteiger partial charge in [0.1, 0.15) is 0 Å². The second-order valence-electron chi connectivity index (χ2n) is 7.70. The third-order valence-electron chi connectivity index (χ3n) is 5.24. The fourth-order valence-corrected chi connectivity index (χ4v) is 3.74. The van der Waals surface area contributed by atoms with Crippen molar-refractivity contribution in [2.75, 3.05) is 0 Å². The highest BCUT2D eigenvalue weighted by molar-refractivity contribution is 4.84. The van der Waals surface area contributed by atoms with E-state index in [1.807, 2.05) is 0 Å². The second-order valence-corrected chi connectivity index (χ2v) is 7.70. The Hall–Kier alpha value is 0. The van der Waals surface area contributed by atoms with E-state index in [4.69, 9.17) is 0 Å². The van der Waals surface area contributed by atoms with Gasteiger partial charge in [-0.25, -0.2) is 0 Å². The van der Waals surface area contributed by atoms with Crippen LogP contribution in [-0.2, 0) is 0 Å². The first-order valence-electron chi connectivity index (χ1n) is 11.1. The zero-order chi connectivity index (χ0) is 17.2. The molecule has 0 fully saturated rings. The van der Waals surface area contributed by atoms with Crippen molar-refractivity contribution in [2.45, 2.75) is 130 Å². The van der Waals surface area contributed by atoms with Gasteiger partial charge in [0.15, 0.2) is 0 Å². The topological polar surface area (TPSA) is 0 Å². The van der Waals surface area contributed by atoms with Crippen molar-refractivity contribution in [3.05, 3.63) is 6.42 Å². The van der Waals surface area contributed by atoms with E-state index in [0.717, 1.165) is 11.8 Å². The van der Waals surface area contributed by atoms with Crippen LogP contribution in [0, 0.1) is 18.3 Å². The molecule has 0 aromatic heterocycles. The molecule has 0 aromatic carbocycles. The predicted molar refractivity (Wildman–Crippen MR) is 108 cm³/mol. The van der Waals surface area contributed by atoms with Gasteiger partial charge < -0.3 is 0 Å². The van der Waals surface area contributed by atoms with Crippen LogP contribution in [0.2, 0.25) is 0 Å². The van der Waals surface area contributed by atoms with E-state index in [1.54, 1.807) is 0 Å². The molecular weight excluding hydrogens is 276 g/mol. The van der Waals surface area contributed by atoms with Gasteiger partial charge in [0.2, 0.25) is 0 Å². The van der Waals surface area contributed by atoms with Crippen LogP contribution in [0.4, 0.5) is 0 Å². The van der Waals surface area contributed by atoms with E-state index in [0.29, 0.717) is 0 Å². The van der Waals surface area contributed by atoms with Crippen molar-refractivity contribution in [2.24, 2.45) is 11.8 Å². The van der Waals surface area contributed by atoms with Crippen LogP contribution in [0.3, 0.4) is 0 Å². The minimum absolute atomic E-state index is 0.898. The Morgan fingerprint density at radius 1 is 0.435 bits per heavy atom. The van der Waals surface area contributed by atoms with Crippen LogP contribution in [0.25, 0.3) is 0 Å². The summed E-state index contributed by atoms with van der Waals surface area (Å²) >= 11 is 0. The van der Waals surface area contributed by atoms with Gasteiger partial charge in [-0.05, 0) is 18.3 Å². The summed E-state index contributed by atoms with van der Waals surface area (Å²) in [7, 11) is 0. The van der Waals surface area contributed by atoms with Gasteiger partial charge in [0, 0.05) is 0 Å². The lowest BCUT2D eigenvalue weighted by Crippen LogP contribution is -2.11. The fourth-order valence-electron chi connectivity index (χ4n) is 3.74. The molecule has 0 bridgehead atoms. The molecule has 139 valence electrons. The van der Waals surface area contributed by atoms with E-state index in [9.17, 15) is 0 Å². The molecule has 0 aliphatic heterocycles. The molecule has 0 aliphatic rings. The van der Waals surface area contributed by atoms with Crippen LogP contribution in [0.15, 0.2) is 0 Å². The predicted octanol–water partition coefficient (Wildman–Crippen LogP) is 8.74. The smallest absolute Gasteiger partial charge is 0.0324 e. The quantitative estimate of drug-likeness (QED) is 0.221. The first-order valence-corrected chi connectivity index (χ1v) is 11.1. The van der Waals surface area contributed by atoms with Crippen molar-refractivity contribution >= 4 is 0 Å².